The van der Waals surface area contributed by atoms with Gasteiger partial charge >= 0.3 is 5.97 Å². The molecular formula is C15H28N2O4. The van der Waals surface area contributed by atoms with Gasteiger partial charge in [-0.05, 0) is 5.92 Å². The second-order valence-corrected chi connectivity index (χ2v) is 6.47. The Bertz CT molecular complexity index is 338. The van der Waals surface area contributed by atoms with Gasteiger partial charge in [0.2, 0.25) is 0 Å². The van der Waals surface area contributed by atoms with Crippen LogP contribution in [0, 0.1) is 5.92 Å². The quantitative estimate of drug-likeness (QED) is 0.771. The number of aliphatic carboxylic acids is 1. The number of hydrogen-bond donors (Lipinski definition) is 1. The molecule has 2 heterocycles. The van der Waals surface area contributed by atoms with E-state index < -0.39 is 5.97 Å². The number of nitrogens with zero attached hydrogens (tertiary/aromatic N) is 2. The van der Waals surface area contributed by atoms with Crippen molar-refractivity contribution < 1.29 is 19.4 Å². The van der Waals surface area contributed by atoms with Gasteiger partial charge in [-0.3, -0.25) is 14.6 Å². The van der Waals surface area contributed by atoms with Crippen molar-refractivity contribution in [2.75, 3.05) is 52.5 Å². The van der Waals surface area contributed by atoms with E-state index in [1.807, 2.05) is 0 Å². The summed E-state index contributed by atoms with van der Waals surface area (Å²) in [6, 6.07) is -0.0275. The molecule has 2 rings (SSSR count). The summed E-state index contributed by atoms with van der Waals surface area (Å²) in [5, 5.41) is 9.01. The highest BCUT2D eigenvalue weighted by atomic mass is 16.5. The Morgan fingerprint density at radius 3 is 2.86 bits per heavy atom. The molecule has 0 aromatic rings. The van der Waals surface area contributed by atoms with Gasteiger partial charge in [-0.25, -0.2) is 0 Å². The lowest BCUT2D eigenvalue weighted by molar-refractivity contribution is -0.141. The van der Waals surface area contributed by atoms with Crippen molar-refractivity contribution in [1.29, 1.82) is 0 Å². The fraction of sp³-hybridized carbons (Fsp3) is 0.933. The molecule has 0 saturated carbocycles. The summed E-state index contributed by atoms with van der Waals surface area (Å²) in [7, 11) is 0. The van der Waals surface area contributed by atoms with E-state index in [9.17, 15) is 4.79 Å². The topological polar surface area (TPSA) is 62.2 Å². The lowest BCUT2D eigenvalue weighted by Gasteiger charge is -2.40. The Balaban J connectivity index is 1.84. The average Bonchev–Trinajstić information content (AvgIpc) is 2.40. The minimum atomic E-state index is -0.763. The minimum Gasteiger partial charge on any atom is -0.481 e. The van der Waals surface area contributed by atoms with E-state index in [0.717, 1.165) is 39.3 Å². The van der Waals surface area contributed by atoms with Crippen LogP contribution in [0.2, 0.25) is 0 Å². The van der Waals surface area contributed by atoms with Crippen molar-refractivity contribution >= 4 is 5.97 Å². The molecule has 0 radical (unpaired) electrons. The van der Waals surface area contributed by atoms with Crippen LogP contribution in [0.25, 0.3) is 0 Å². The summed E-state index contributed by atoms with van der Waals surface area (Å²) in [6.45, 7) is 11.0. The first-order valence-electron chi connectivity index (χ1n) is 7.92. The smallest absolute Gasteiger partial charge is 0.305 e. The lowest BCUT2D eigenvalue weighted by atomic mass is 10.1. The molecule has 122 valence electrons. The van der Waals surface area contributed by atoms with E-state index in [2.05, 4.69) is 23.6 Å². The van der Waals surface area contributed by atoms with Crippen LogP contribution >= 0.6 is 0 Å². The third-order valence-corrected chi connectivity index (χ3v) is 4.04. The van der Waals surface area contributed by atoms with E-state index in [1.165, 1.54) is 0 Å². The van der Waals surface area contributed by atoms with Gasteiger partial charge in [-0.2, -0.15) is 0 Å². The maximum atomic E-state index is 11.0. The van der Waals surface area contributed by atoms with Gasteiger partial charge in [0.15, 0.2) is 0 Å². The maximum Gasteiger partial charge on any atom is 0.305 e. The molecule has 6 nitrogen and oxygen atoms in total. The predicted octanol–water partition coefficient (Wildman–Crippen LogP) is 0.519. The van der Waals surface area contributed by atoms with Gasteiger partial charge in [0.05, 0.1) is 32.3 Å². The van der Waals surface area contributed by atoms with Gasteiger partial charge in [-0.15, -0.1) is 0 Å². The predicted molar refractivity (Wildman–Crippen MR) is 79.5 cm³/mol. The summed E-state index contributed by atoms with van der Waals surface area (Å²) >= 11 is 0. The van der Waals surface area contributed by atoms with E-state index in [1.54, 1.807) is 0 Å². The van der Waals surface area contributed by atoms with Crippen molar-refractivity contribution in [1.82, 2.24) is 9.80 Å². The van der Waals surface area contributed by atoms with Crippen molar-refractivity contribution in [3.63, 3.8) is 0 Å². The molecule has 2 unspecified atom stereocenters. The Kier molecular flexibility index (Phi) is 6.41. The first-order chi connectivity index (χ1) is 10.0. The van der Waals surface area contributed by atoms with Crippen molar-refractivity contribution in [2.45, 2.75) is 32.4 Å². The SMILES string of the molecule is CC(C)CN1CCOC(CN2CCOCC2CC(=O)O)C1. The van der Waals surface area contributed by atoms with Gasteiger partial charge in [-0.1, -0.05) is 13.8 Å². The molecule has 21 heavy (non-hydrogen) atoms. The Morgan fingerprint density at radius 1 is 1.33 bits per heavy atom. The number of ether oxygens (including phenoxy) is 2. The molecule has 6 heteroatoms. The monoisotopic (exact) mass is 300 g/mol. The molecule has 0 amide bonds. The van der Waals surface area contributed by atoms with Crippen molar-refractivity contribution in [3.8, 4) is 0 Å². The molecule has 2 atom stereocenters. The highest BCUT2D eigenvalue weighted by Crippen LogP contribution is 2.15. The highest BCUT2D eigenvalue weighted by Gasteiger charge is 2.29. The minimum absolute atomic E-state index is 0.0275. The standard InChI is InChI=1S/C15H28N2O4/c1-12(2)8-16-3-6-21-14(9-16)10-17-4-5-20-11-13(17)7-15(18)19/h12-14H,3-11H2,1-2H3,(H,18,19). The zero-order chi connectivity index (χ0) is 15.2. The largest absolute Gasteiger partial charge is 0.481 e. The molecule has 2 saturated heterocycles. The molecular weight excluding hydrogens is 272 g/mol. The zero-order valence-corrected chi connectivity index (χ0v) is 13.2. The fourth-order valence-electron chi connectivity index (χ4n) is 3.15. The second-order valence-electron chi connectivity index (χ2n) is 6.47. The summed E-state index contributed by atoms with van der Waals surface area (Å²) in [5.41, 5.74) is 0. The Labute approximate surface area is 127 Å². The lowest BCUT2D eigenvalue weighted by Crippen LogP contribution is -2.53. The molecule has 0 bridgehead atoms. The number of rotatable bonds is 6. The van der Waals surface area contributed by atoms with Gasteiger partial charge < -0.3 is 14.6 Å². The maximum absolute atomic E-state index is 11.0. The molecule has 0 spiro atoms. The zero-order valence-electron chi connectivity index (χ0n) is 13.2. The molecule has 0 aromatic carbocycles. The Hall–Kier alpha value is -0.690. The number of carboxylic acids is 1. The third-order valence-electron chi connectivity index (χ3n) is 4.04. The molecule has 2 aliphatic heterocycles. The van der Waals surface area contributed by atoms with Gasteiger partial charge in [0, 0.05) is 38.8 Å². The molecule has 0 aliphatic carbocycles. The van der Waals surface area contributed by atoms with E-state index in [0.29, 0.717) is 19.1 Å². The summed E-state index contributed by atoms with van der Waals surface area (Å²) in [5.74, 6) is -0.103. The number of morpholine rings is 2. The summed E-state index contributed by atoms with van der Waals surface area (Å²) < 4.78 is 11.3. The van der Waals surface area contributed by atoms with Crippen LogP contribution in [0.4, 0.5) is 0 Å². The number of carboxylic acid groups (broad SMARTS) is 1. The van der Waals surface area contributed by atoms with Crippen LogP contribution in [-0.2, 0) is 14.3 Å². The van der Waals surface area contributed by atoms with Crippen molar-refractivity contribution in [2.24, 2.45) is 5.92 Å². The van der Waals surface area contributed by atoms with Crippen LogP contribution in [-0.4, -0.2) is 85.6 Å². The second kappa shape index (κ2) is 8.08. The number of carbonyl (C=O) groups is 1. The van der Waals surface area contributed by atoms with Crippen LogP contribution in [0.3, 0.4) is 0 Å². The fourth-order valence-corrected chi connectivity index (χ4v) is 3.15. The van der Waals surface area contributed by atoms with Crippen LogP contribution in [0.15, 0.2) is 0 Å². The van der Waals surface area contributed by atoms with E-state index >= 15 is 0 Å². The summed E-state index contributed by atoms with van der Waals surface area (Å²) in [6.07, 6.45) is 0.314. The van der Waals surface area contributed by atoms with Crippen LogP contribution in [0.1, 0.15) is 20.3 Å². The van der Waals surface area contributed by atoms with E-state index in [4.69, 9.17) is 14.6 Å². The van der Waals surface area contributed by atoms with Crippen LogP contribution < -0.4 is 0 Å². The van der Waals surface area contributed by atoms with Crippen molar-refractivity contribution in [3.05, 3.63) is 0 Å². The normalized spacial score (nSPS) is 28.9. The van der Waals surface area contributed by atoms with Gasteiger partial charge in [0.1, 0.15) is 0 Å². The molecule has 2 aliphatic rings. The highest BCUT2D eigenvalue weighted by molar-refractivity contribution is 5.67. The Morgan fingerprint density at radius 2 is 2.14 bits per heavy atom. The third kappa shape index (κ3) is 5.54. The first kappa shape index (κ1) is 16.7. The number of hydrogen-bond acceptors (Lipinski definition) is 5. The van der Waals surface area contributed by atoms with E-state index in [-0.39, 0.29) is 18.6 Å². The molecule has 2 fully saturated rings. The molecule has 0 aromatic heterocycles. The van der Waals surface area contributed by atoms with Crippen LogP contribution in [0.5, 0.6) is 0 Å². The average molecular weight is 300 g/mol. The van der Waals surface area contributed by atoms with Gasteiger partial charge in [0.25, 0.3) is 0 Å². The first-order valence-corrected chi connectivity index (χ1v) is 7.92. The molecule has 1 N–H and O–H groups in total. The summed E-state index contributed by atoms with van der Waals surface area (Å²) in [4.78, 5) is 15.6.